The number of pyridine rings is 1. The van der Waals surface area contributed by atoms with E-state index in [1.54, 1.807) is 0 Å². The summed E-state index contributed by atoms with van der Waals surface area (Å²) in [4.78, 5) is 7.15. The molecular weight excluding hydrogens is 248 g/mol. The maximum absolute atomic E-state index is 9.47. The predicted octanol–water partition coefficient (Wildman–Crippen LogP) is 3.82. The molecule has 0 saturated carbocycles. The lowest BCUT2D eigenvalue weighted by Crippen LogP contribution is -2.32. The van der Waals surface area contributed by atoms with Crippen LogP contribution in [0.25, 0.3) is 0 Å². The van der Waals surface area contributed by atoms with Gasteiger partial charge in [0.15, 0.2) is 0 Å². The summed E-state index contributed by atoms with van der Waals surface area (Å²) in [5.74, 6) is 2.56. The first-order chi connectivity index (χ1) is 9.33. The number of nitrogens with zero attached hydrogens (tertiary/aromatic N) is 2. The van der Waals surface area contributed by atoms with E-state index in [1.807, 2.05) is 12.1 Å². The number of anilines is 1. The number of rotatable bonds is 7. The third-order valence-electron chi connectivity index (χ3n) is 3.16. The molecule has 114 valence electrons. The molecule has 3 nitrogen and oxygen atoms in total. The van der Waals surface area contributed by atoms with Gasteiger partial charge in [-0.3, -0.25) is 0 Å². The van der Waals surface area contributed by atoms with Crippen LogP contribution < -0.4 is 4.90 Å². The van der Waals surface area contributed by atoms with E-state index in [9.17, 15) is 5.11 Å². The van der Waals surface area contributed by atoms with Crippen molar-refractivity contribution in [3.05, 3.63) is 23.4 Å². The van der Waals surface area contributed by atoms with Crippen molar-refractivity contribution in [3.8, 4) is 0 Å². The Morgan fingerprint density at radius 3 is 1.95 bits per heavy atom. The normalized spacial score (nSPS) is 11.7. The summed E-state index contributed by atoms with van der Waals surface area (Å²) in [5.41, 5.74) is 2.01. The molecule has 0 bridgehead atoms. The molecule has 1 aromatic rings. The van der Waals surface area contributed by atoms with Gasteiger partial charge in [-0.2, -0.15) is 0 Å². The fourth-order valence-corrected chi connectivity index (χ4v) is 2.29. The van der Waals surface area contributed by atoms with Gasteiger partial charge in [0.2, 0.25) is 0 Å². The smallest absolute Gasteiger partial charge is 0.129 e. The minimum absolute atomic E-state index is 0.0758. The van der Waals surface area contributed by atoms with Crippen LogP contribution in [-0.2, 0) is 6.61 Å². The van der Waals surface area contributed by atoms with Gasteiger partial charge in [0.25, 0.3) is 0 Å². The molecule has 1 rings (SSSR count). The molecule has 0 aromatic carbocycles. The van der Waals surface area contributed by atoms with Gasteiger partial charge >= 0.3 is 0 Å². The Morgan fingerprint density at radius 1 is 1.00 bits per heavy atom. The van der Waals surface area contributed by atoms with Crippen LogP contribution in [0.5, 0.6) is 0 Å². The second-order valence-electron chi connectivity index (χ2n) is 6.76. The summed E-state index contributed by atoms with van der Waals surface area (Å²) in [7, 11) is 0. The standard InChI is InChI=1S/C17H30N2O/c1-12(2)9-19(10-13(3)4)17-8-15(11-20)7-16(18-17)14(5)6/h7-8,12-14,20H,9-11H2,1-6H3. The van der Waals surface area contributed by atoms with E-state index >= 15 is 0 Å². The summed E-state index contributed by atoms with van der Waals surface area (Å²) < 4.78 is 0. The minimum atomic E-state index is 0.0758. The lowest BCUT2D eigenvalue weighted by molar-refractivity contribution is 0.281. The van der Waals surface area contributed by atoms with Gasteiger partial charge in [-0.25, -0.2) is 4.98 Å². The first kappa shape index (κ1) is 17.0. The van der Waals surface area contributed by atoms with Crippen LogP contribution in [0.4, 0.5) is 5.82 Å². The monoisotopic (exact) mass is 278 g/mol. The third-order valence-corrected chi connectivity index (χ3v) is 3.16. The Kier molecular flexibility index (Phi) is 6.47. The van der Waals surface area contributed by atoms with Gasteiger partial charge in [0, 0.05) is 18.8 Å². The number of aromatic nitrogens is 1. The van der Waals surface area contributed by atoms with Crippen LogP contribution in [0.2, 0.25) is 0 Å². The molecular formula is C17H30N2O. The van der Waals surface area contributed by atoms with Crippen molar-refractivity contribution in [2.45, 2.75) is 54.1 Å². The SMILES string of the molecule is CC(C)CN(CC(C)C)c1cc(CO)cc(C(C)C)n1. The van der Waals surface area contributed by atoms with Crippen molar-refractivity contribution in [1.82, 2.24) is 4.98 Å². The molecule has 0 unspecified atom stereocenters. The summed E-state index contributed by atoms with van der Waals surface area (Å²) in [6.07, 6.45) is 0. The van der Waals surface area contributed by atoms with Crippen molar-refractivity contribution in [3.63, 3.8) is 0 Å². The zero-order chi connectivity index (χ0) is 15.3. The molecule has 0 aliphatic carbocycles. The molecule has 0 amide bonds. The molecule has 0 radical (unpaired) electrons. The molecule has 0 aliphatic heterocycles. The highest BCUT2D eigenvalue weighted by Gasteiger charge is 2.14. The lowest BCUT2D eigenvalue weighted by atomic mass is 10.1. The molecule has 20 heavy (non-hydrogen) atoms. The van der Waals surface area contributed by atoms with Gasteiger partial charge in [-0.15, -0.1) is 0 Å². The van der Waals surface area contributed by atoms with Crippen LogP contribution in [-0.4, -0.2) is 23.2 Å². The maximum atomic E-state index is 9.47. The molecule has 0 aliphatic rings. The van der Waals surface area contributed by atoms with E-state index in [2.05, 4.69) is 46.4 Å². The van der Waals surface area contributed by atoms with E-state index in [0.29, 0.717) is 17.8 Å². The highest BCUT2D eigenvalue weighted by molar-refractivity contribution is 5.43. The average Bonchev–Trinajstić information content (AvgIpc) is 2.36. The fraction of sp³-hybridized carbons (Fsp3) is 0.706. The Labute approximate surface area is 124 Å². The lowest BCUT2D eigenvalue weighted by Gasteiger charge is -2.28. The summed E-state index contributed by atoms with van der Waals surface area (Å²) in [6.45, 7) is 15.3. The van der Waals surface area contributed by atoms with Crippen LogP contribution in [0, 0.1) is 11.8 Å². The van der Waals surface area contributed by atoms with Crippen molar-refractivity contribution >= 4 is 5.82 Å². The van der Waals surface area contributed by atoms with E-state index in [0.717, 1.165) is 30.2 Å². The van der Waals surface area contributed by atoms with E-state index < -0.39 is 0 Å². The van der Waals surface area contributed by atoms with Crippen LogP contribution in [0.15, 0.2) is 12.1 Å². The second kappa shape index (κ2) is 7.63. The summed E-state index contributed by atoms with van der Waals surface area (Å²) in [6, 6.07) is 4.04. The van der Waals surface area contributed by atoms with Crippen molar-refractivity contribution in [2.75, 3.05) is 18.0 Å². The Balaban J connectivity index is 3.13. The largest absolute Gasteiger partial charge is 0.392 e. The van der Waals surface area contributed by atoms with E-state index in [4.69, 9.17) is 4.98 Å². The van der Waals surface area contributed by atoms with Crippen molar-refractivity contribution < 1.29 is 5.11 Å². The first-order valence-electron chi connectivity index (χ1n) is 7.70. The van der Waals surface area contributed by atoms with Gasteiger partial charge < -0.3 is 10.0 Å². The van der Waals surface area contributed by atoms with Crippen LogP contribution in [0.3, 0.4) is 0 Å². The summed E-state index contributed by atoms with van der Waals surface area (Å²) in [5, 5.41) is 9.47. The number of hydrogen-bond acceptors (Lipinski definition) is 3. The van der Waals surface area contributed by atoms with E-state index in [-0.39, 0.29) is 6.61 Å². The molecule has 0 saturated heterocycles. The van der Waals surface area contributed by atoms with Crippen molar-refractivity contribution in [2.24, 2.45) is 11.8 Å². The Hall–Kier alpha value is -1.09. The van der Waals surface area contributed by atoms with Crippen LogP contribution >= 0.6 is 0 Å². The predicted molar refractivity (Wildman–Crippen MR) is 86.1 cm³/mol. The second-order valence-corrected chi connectivity index (χ2v) is 6.76. The Morgan fingerprint density at radius 2 is 1.55 bits per heavy atom. The molecule has 3 heteroatoms. The maximum Gasteiger partial charge on any atom is 0.129 e. The number of aliphatic hydroxyl groups is 1. The minimum Gasteiger partial charge on any atom is -0.392 e. The highest BCUT2D eigenvalue weighted by Crippen LogP contribution is 2.22. The molecule has 1 heterocycles. The number of hydrogen-bond donors (Lipinski definition) is 1. The van der Waals surface area contributed by atoms with Gasteiger partial charge in [-0.1, -0.05) is 41.5 Å². The molecule has 1 N–H and O–H groups in total. The molecule has 1 aromatic heterocycles. The number of aliphatic hydroxyl groups excluding tert-OH is 1. The highest BCUT2D eigenvalue weighted by atomic mass is 16.3. The van der Waals surface area contributed by atoms with Gasteiger partial charge in [0.1, 0.15) is 5.82 Å². The first-order valence-corrected chi connectivity index (χ1v) is 7.70. The molecule has 0 fully saturated rings. The third kappa shape index (κ3) is 5.12. The zero-order valence-electron chi connectivity index (χ0n) is 13.8. The van der Waals surface area contributed by atoms with E-state index in [1.165, 1.54) is 0 Å². The molecule has 0 atom stereocenters. The topological polar surface area (TPSA) is 36.4 Å². The summed E-state index contributed by atoms with van der Waals surface area (Å²) >= 11 is 0. The Bertz CT molecular complexity index is 403. The average molecular weight is 278 g/mol. The molecule has 0 spiro atoms. The zero-order valence-corrected chi connectivity index (χ0v) is 13.8. The fourth-order valence-electron chi connectivity index (χ4n) is 2.29. The van der Waals surface area contributed by atoms with Gasteiger partial charge in [0.05, 0.1) is 6.61 Å². The quantitative estimate of drug-likeness (QED) is 0.824. The van der Waals surface area contributed by atoms with Gasteiger partial charge in [-0.05, 0) is 35.4 Å². The van der Waals surface area contributed by atoms with Crippen LogP contribution in [0.1, 0.15) is 58.7 Å². The van der Waals surface area contributed by atoms with Crippen molar-refractivity contribution in [1.29, 1.82) is 0 Å².